The van der Waals surface area contributed by atoms with Crippen LogP contribution in [0.25, 0.3) is 0 Å². The van der Waals surface area contributed by atoms with Gasteiger partial charge in [-0.3, -0.25) is 4.72 Å². The second kappa shape index (κ2) is 6.31. The Bertz CT molecular complexity index is 766. The summed E-state index contributed by atoms with van der Waals surface area (Å²) in [5.74, 6) is -1.02. The summed E-state index contributed by atoms with van der Waals surface area (Å²) in [6, 6.07) is 8.51. The molecule has 2 aromatic carbocycles. The molecule has 0 saturated heterocycles. The van der Waals surface area contributed by atoms with Crippen molar-refractivity contribution < 1.29 is 17.9 Å². The van der Waals surface area contributed by atoms with Crippen molar-refractivity contribution in [2.24, 2.45) is 0 Å². The number of hydrogen-bond donors (Lipinski definition) is 2. The molecule has 2 N–H and O–H groups in total. The van der Waals surface area contributed by atoms with Gasteiger partial charge < -0.3 is 5.11 Å². The molecular weight excluding hydrogens is 385 g/mol. The molecular formula is C13H10BrClFNO3S. The lowest BCUT2D eigenvalue weighted by molar-refractivity contribution is 0.274. The average molecular weight is 395 g/mol. The Morgan fingerprint density at radius 1 is 1.24 bits per heavy atom. The van der Waals surface area contributed by atoms with Gasteiger partial charge >= 0.3 is 0 Å². The van der Waals surface area contributed by atoms with E-state index in [1.54, 1.807) is 12.1 Å². The third-order valence-corrected chi connectivity index (χ3v) is 4.76. The van der Waals surface area contributed by atoms with E-state index in [1.165, 1.54) is 18.2 Å². The Morgan fingerprint density at radius 3 is 2.43 bits per heavy atom. The Hall–Kier alpha value is -1.15. The summed E-state index contributed by atoms with van der Waals surface area (Å²) in [5, 5.41) is 9.06. The van der Waals surface area contributed by atoms with E-state index in [4.69, 9.17) is 16.7 Å². The number of benzene rings is 2. The first-order chi connectivity index (χ1) is 9.83. The number of rotatable bonds is 4. The van der Waals surface area contributed by atoms with Gasteiger partial charge in [0.1, 0.15) is 10.7 Å². The zero-order chi connectivity index (χ0) is 15.6. The monoisotopic (exact) mass is 393 g/mol. The second-order valence-corrected chi connectivity index (χ2v) is 7.15. The predicted octanol–water partition coefficient (Wildman–Crippen LogP) is 3.53. The van der Waals surface area contributed by atoms with Gasteiger partial charge in [0.05, 0.1) is 6.61 Å². The minimum Gasteiger partial charge on any atom is -0.392 e. The fourth-order valence-electron chi connectivity index (χ4n) is 1.66. The molecule has 0 heterocycles. The Morgan fingerprint density at radius 2 is 1.86 bits per heavy atom. The summed E-state index contributed by atoms with van der Waals surface area (Å²) in [6.07, 6.45) is 0. The van der Waals surface area contributed by atoms with Crippen LogP contribution in [0.1, 0.15) is 5.56 Å². The molecule has 0 bridgehead atoms. The SMILES string of the molecule is O=S(=O)(Nc1ccc(Br)cc1)c1cc(Cl)cc(CO)c1F. The molecule has 0 saturated carbocycles. The normalized spacial score (nSPS) is 11.4. The number of nitrogens with one attached hydrogen (secondary N) is 1. The van der Waals surface area contributed by atoms with Crippen LogP contribution >= 0.6 is 27.5 Å². The average Bonchev–Trinajstić information content (AvgIpc) is 2.43. The topological polar surface area (TPSA) is 66.4 Å². The van der Waals surface area contributed by atoms with Crippen molar-refractivity contribution in [3.05, 3.63) is 57.3 Å². The highest BCUT2D eigenvalue weighted by molar-refractivity contribution is 9.10. The maximum atomic E-state index is 14.1. The van der Waals surface area contributed by atoms with Crippen molar-refractivity contribution in [1.29, 1.82) is 0 Å². The van der Waals surface area contributed by atoms with E-state index in [1.807, 2.05) is 0 Å². The molecule has 8 heteroatoms. The van der Waals surface area contributed by atoms with Crippen LogP contribution < -0.4 is 4.72 Å². The van der Waals surface area contributed by atoms with Gasteiger partial charge in [-0.25, -0.2) is 12.8 Å². The third-order valence-electron chi connectivity index (χ3n) is 2.64. The number of aliphatic hydroxyl groups excluding tert-OH is 1. The lowest BCUT2D eigenvalue weighted by atomic mass is 10.2. The van der Waals surface area contributed by atoms with Crippen LogP contribution in [0.5, 0.6) is 0 Å². The predicted molar refractivity (Wildman–Crippen MR) is 82.3 cm³/mol. The van der Waals surface area contributed by atoms with Gasteiger partial charge in [0.15, 0.2) is 0 Å². The van der Waals surface area contributed by atoms with Crippen molar-refractivity contribution in [2.45, 2.75) is 11.5 Å². The van der Waals surface area contributed by atoms with Crippen LogP contribution in [0.2, 0.25) is 5.02 Å². The van der Waals surface area contributed by atoms with Crippen molar-refractivity contribution in [1.82, 2.24) is 0 Å². The maximum absolute atomic E-state index is 14.1. The van der Waals surface area contributed by atoms with Crippen LogP contribution in [0.15, 0.2) is 45.8 Å². The quantitative estimate of drug-likeness (QED) is 0.833. The lowest BCUT2D eigenvalue weighted by Crippen LogP contribution is -2.15. The largest absolute Gasteiger partial charge is 0.392 e. The molecule has 0 aromatic heterocycles. The first kappa shape index (κ1) is 16.2. The molecule has 0 aliphatic rings. The molecule has 2 aromatic rings. The summed E-state index contributed by atoms with van der Waals surface area (Å²) in [4.78, 5) is -0.609. The van der Waals surface area contributed by atoms with Gasteiger partial charge in [-0.05, 0) is 36.4 Å². The van der Waals surface area contributed by atoms with Crippen LogP contribution in [0.3, 0.4) is 0 Å². The van der Waals surface area contributed by atoms with E-state index in [9.17, 15) is 12.8 Å². The molecule has 21 heavy (non-hydrogen) atoms. The Balaban J connectivity index is 2.44. The highest BCUT2D eigenvalue weighted by Crippen LogP contribution is 2.26. The highest BCUT2D eigenvalue weighted by Gasteiger charge is 2.22. The maximum Gasteiger partial charge on any atom is 0.264 e. The van der Waals surface area contributed by atoms with E-state index < -0.39 is 27.3 Å². The Labute approximate surface area is 134 Å². The minimum absolute atomic E-state index is 0.0247. The standard InChI is InChI=1S/C13H10BrClFNO3S/c14-9-1-3-11(4-2-9)17-21(19,20)12-6-10(15)5-8(7-18)13(12)16/h1-6,17-18H,7H2. The van der Waals surface area contributed by atoms with Crippen molar-refractivity contribution >= 4 is 43.2 Å². The number of aliphatic hydroxyl groups is 1. The van der Waals surface area contributed by atoms with Gasteiger partial charge in [-0.1, -0.05) is 27.5 Å². The molecule has 0 spiro atoms. The fourth-order valence-corrected chi connectivity index (χ4v) is 3.43. The van der Waals surface area contributed by atoms with Crippen molar-refractivity contribution in [3.63, 3.8) is 0 Å². The summed E-state index contributed by atoms with van der Waals surface area (Å²) >= 11 is 8.98. The van der Waals surface area contributed by atoms with E-state index in [0.29, 0.717) is 0 Å². The Kier molecular flexibility index (Phi) is 4.88. The van der Waals surface area contributed by atoms with E-state index in [0.717, 1.165) is 10.5 Å². The molecule has 2 rings (SSSR count). The molecule has 0 radical (unpaired) electrons. The van der Waals surface area contributed by atoms with Crippen LogP contribution in [0.4, 0.5) is 10.1 Å². The highest BCUT2D eigenvalue weighted by atomic mass is 79.9. The van der Waals surface area contributed by atoms with Gasteiger partial charge in [0.2, 0.25) is 0 Å². The molecule has 0 fully saturated rings. The van der Waals surface area contributed by atoms with Crippen LogP contribution in [0, 0.1) is 5.82 Å². The zero-order valence-electron chi connectivity index (χ0n) is 10.5. The van der Waals surface area contributed by atoms with Gasteiger partial charge in [0.25, 0.3) is 10.0 Å². The van der Waals surface area contributed by atoms with E-state index in [2.05, 4.69) is 20.7 Å². The molecule has 112 valence electrons. The van der Waals surface area contributed by atoms with E-state index >= 15 is 0 Å². The minimum atomic E-state index is -4.15. The number of hydrogen-bond acceptors (Lipinski definition) is 3. The molecule has 0 unspecified atom stereocenters. The van der Waals surface area contributed by atoms with Crippen molar-refractivity contribution in [2.75, 3.05) is 4.72 Å². The summed E-state index contributed by atoms with van der Waals surface area (Å²) in [7, 11) is -4.15. The number of anilines is 1. The van der Waals surface area contributed by atoms with Gasteiger partial charge in [-0.15, -0.1) is 0 Å². The first-order valence-electron chi connectivity index (χ1n) is 5.70. The molecule has 0 aliphatic carbocycles. The summed E-state index contributed by atoms with van der Waals surface area (Å²) in [6.45, 7) is -0.646. The van der Waals surface area contributed by atoms with Crippen molar-refractivity contribution in [3.8, 4) is 0 Å². The number of sulfonamides is 1. The summed E-state index contributed by atoms with van der Waals surface area (Å²) in [5.41, 5.74) is 0.0989. The van der Waals surface area contributed by atoms with Gasteiger partial charge in [-0.2, -0.15) is 0 Å². The molecule has 0 amide bonds. The lowest BCUT2D eigenvalue weighted by Gasteiger charge is -2.11. The van der Waals surface area contributed by atoms with E-state index in [-0.39, 0.29) is 16.3 Å². The molecule has 4 nitrogen and oxygen atoms in total. The van der Waals surface area contributed by atoms with Crippen LogP contribution in [-0.4, -0.2) is 13.5 Å². The number of halogens is 3. The fraction of sp³-hybridized carbons (Fsp3) is 0.0769. The zero-order valence-corrected chi connectivity index (χ0v) is 13.6. The second-order valence-electron chi connectivity index (χ2n) is 4.15. The van der Waals surface area contributed by atoms with Crippen LogP contribution in [-0.2, 0) is 16.6 Å². The first-order valence-corrected chi connectivity index (χ1v) is 8.36. The molecule has 0 aliphatic heterocycles. The summed E-state index contributed by atoms with van der Waals surface area (Å²) < 4.78 is 41.6. The smallest absolute Gasteiger partial charge is 0.264 e. The van der Waals surface area contributed by atoms with Gasteiger partial charge in [0, 0.05) is 20.7 Å². The third kappa shape index (κ3) is 3.74. The molecule has 0 atom stereocenters.